The third-order valence-corrected chi connectivity index (χ3v) is 14.2. The molecule has 0 bridgehead atoms. The van der Waals surface area contributed by atoms with Crippen molar-refractivity contribution >= 4 is 37.9 Å². The minimum atomic E-state index is -2.73. The van der Waals surface area contributed by atoms with Gasteiger partial charge in [0.15, 0.2) is 0 Å². The molecule has 1 saturated heterocycles. The van der Waals surface area contributed by atoms with Crippen LogP contribution in [0, 0.1) is 0 Å². The average Bonchev–Trinajstić information content (AvgIpc) is 2.76. The highest BCUT2D eigenvalue weighted by Crippen LogP contribution is 2.30. The second-order valence-corrected chi connectivity index (χ2v) is 13.3. The SMILES string of the molecule is c1ccc([Si]2(c3ccccc3)O[Si](c3ccccc3)(c3ccccc3)O2)cc1. The van der Waals surface area contributed by atoms with Gasteiger partial charge in [0.1, 0.15) is 0 Å². The smallest absolute Gasteiger partial charge is 0.390 e. The highest BCUT2D eigenvalue weighted by molar-refractivity contribution is 7.15. The van der Waals surface area contributed by atoms with E-state index in [0.717, 1.165) is 20.7 Å². The summed E-state index contributed by atoms with van der Waals surface area (Å²) in [6.07, 6.45) is 0. The van der Waals surface area contributed by atoms with Crippen molar-refractivity contribution in [1.29, 1.82) is 0 Å². The normalized spacial score (nSPS) is 16.9. The molecule has 0 saturated carbocycles. The number of hydrogen-bond donors (Lipinski definition) is 0. The molecule has 0 N–H and O–H groups in total. The molecule has 5 rings (SSSR count). The Bertz CT molecular complexity index is 879. The molecule has 2 nitrogen and oxygen atoms in total. The van der Waals surface area contributed by atoms with Crippen LogP contribution in [-0.2, 0) is 8.23 Å². The minimum absolute atomic E-state index is 1.15. The first-order valence-corrected chi connectivity index (χ1v) is 13.1. The molecule has 1 aliphatic heterocycles. The summed E-state index contributed by atoms with van der Waals surface area (Å²) in [7, 11) is -5.47. The Morgan fingerprint density at radius 3 is 0.750 bits per heavy atom. The van der Waals surface area contributed by atoms with Crippen molar-refractivity contribution in [3.8, 4) is 0 Å². The zero-order valence-electron chi connectivity index (χ0n) is 15.4. The van der Waals surface area contributed by atoms with Crippen LogP contribution in [0.25, 0.3) is 0 Å². The molecule has 0 atom stereocenters. The third kappa shape index (κ3) is 2.70. The van der Waals surface area contributed by atoms with Crippen LogP contribution in [0.2, 0.25) is 0 Å². The van der Waals surface area contributed by atoms with Crippen LogP contribution in [0.3, 0.4) is 0 Å². The van der Waals surface area contributed by atoms with Gasteiger partial charge in [0.25, 0.3) is 0 Å². The van der Waals surface area contributed by atoms with E-state index < -0.39 is 17.1 Å². The molecule has 0 unspecified atom stereocenters. The summed E-state index contributed by atoms with van der Waals surface area (Å²) in [5, 5.41) is 4.60. The summed E-state index contributed by atoms with van der Waals surface area (Å²) < 4.78 is 14.2. The van der Waals surface area contributed by atoms with Crippen LogP contribution in [-0.4, -0.2) is 17.1 Å². The zero-order chi connectivity index (χ0) is 18.9. The van der Waals surface area contributed by atoms with E-state index in [-0.39, 0.29) is 0 Å². The fraction of sp³-hybridized carbons (Fsp3) is 0. The number of rotatable bonds is 4. The Hall–Kier alpha value is -2.77. The van der Waals surface area contributed by atoms with Crippen molar-refractivity contribution in [2.24, 2.45) is 0 Å². The van der Waals surface area contributed by atoms with Crippen LogP contribution in [0.15, 0.2) is 121 Å². The predicted molar refractivity (Wildman–Crippen MR) is 118 cm³/mol. The van der Waals surface area contributed by atoms with Gasteiger partial charge in [0, 0.05) is 0 Å². The zero-order valence-corrected chi connectivity index (χ0v) is 17.4. The number of hydrogen-bond acceptors (Lipinski definition) is 2. The van der Waals surface area contributed by atoms with E-state index in [9.17, 15) is 0 Å². The molecule has 0 amide bonds. The fourth-order valence-electron chi connectivity index (χ4n) is 3.85. The first-order valence-electron chi connectivity index (χ1n) is 9.46. The van der Waals surface area contributed by atoms with Gasteiger partial charge in [0.2, 0.25) is 0 Å². The molecule has 4 aromatic rings. The average molecular weight is 397 g/mol. The monoisotopic (exact) mass is 396 g/mol. The maximum atomic E-state index is 7.11. The third-order valence-electron chi connectivity index (χ3n) is 5.19. The van der Waals surface area contributed by atoms with Gasteiger partial charge in [-0.05, 0) is 20.7 Å². The molecule has 0 aliphatic carbocycles. The molecular weight excluding hydrogens is 376 g/mol. The van der Waals surface area contributed by atoms with E-state index in [2.05, 4.69) is 97.1 Å². The summed E-state index contributed by atoms with van der Waals surface area (Å²) in [6.45, 7) is 0. The van der Waals surface area contributed by atoms with Crippen molar-refractivity contribution in [2.45, 2.75) is 0 Å². The summed E-state index contributed by atoms with van der Waals surface area (Å²) in [6, 6.07) is 41.7. The maximum absolute atomic E-state index is 7.11. The molecule has 0 spiro atoms. The fourth-order valence-corrected chi connectivity index (χ4v) is 14.1. The second-order valence-electron chi connectivity index (χ2n) is 6.90. The Balaban J connectivity index is 1.67. The standard InChI is InChI=1S/C24H20O2Si2/c1-5-13-21(14-6-1)27(22-15-7-2-8-16-22)25-28(26-27,23-17-9-3-10-18-23)24-19-11-4-12-20-24/h1-20H. The quantitative estimate of drug-likeness (QED) is 0.494. The lowest BCUT2D eigenvalue weighted by atomic mass is 10.4. The van der Waals surface area contributed by atoms with Crippen molar-refractivity contribution in [3.63, 3.8) is 0 Å². The second kappa shape index (κ2) is 7.00. The van der Waals surface area contributed by atoms with E-state index in [1.54, 1.807) is 0 Å². The lowest BCUT2D eigenvalue weighted by molar-refractivity contribution is 0.267. The highest BCUT2D eigenvalue weighted by Gasteiger charge is 2.66. The first kappa shape index (κ1) is 17.3. The lowest BCUT2D eigenvalue weighted by Crippen LogP contribution is -2.88. The Morgan fingerprint density at radius 1 is 0.321 bits per heavy atom. The van der Waals surface area contributed by atoms with Gasteiger partial charge in [-0.25, -0.2) is 0 Å². The molecule has 1 aliphatic rings. The van der Waals surface area contributed by atoms with Gasteiger partial charge >= 0.3 is 17.1 Å². The largest absolute Gasteiger partial charge is 0.402 e. The van der Waals surface area contributed by atoms with E-state index in [1.807, 2.05) is 24.3 Å². The Morgan fingerprint density at radius 2 is 0.536 bits per heavy atom. The highest BCUT2D eigenvalue weighted by atomic mass is 28.5. The van der Waals surface area contributed by atoms with E-state index in [1.165, 1.54) is 0 Å². The van der Waals surface area contributed by atoms with Crippen LogP contribution in [0.4, 0.5) is 0 Å². The molecule has 0 radical (unpaired) electrons. The van der Waals surface area contributed by atoms with E-state index in [4.69, 9.17) is 8.23 Å². The van der Waals surface area contributed by atoms with Gasteiger partial charge < -0.3 is 8.23 Å². The molecule has 136 valence electrons. The molecule has 4 heteroatoms. The predicted octanol–water partition coefficient (Wildman–Crippen LogP) is 2.55. The maximum Gasteiger partial charge on any atom is 0.390 e. The van der Waals surface area contributed by atoms with Gasteiger partial charge in [0.05, 0.1) is 0 Å². The molecule has 0 aromatic heterocycles. The molecule has 1 heterocycles. The van der Waals surface area contributed by atoms with Crippen LogP contribution in [0.1, 0.15) is 0 Å². The molecule has 4 aromatic carbocycles. The summed E-state index contributed by atoms with van der Waals surface area (Å²) in [5.41, 5.74) is 0. The molecule has 1 fully saturated rings. The lowest BCUT2D eigenvalue weighted by Gasteiger charge is -2.53. The van der Waals surface area contributed by atoms with Gasteiger partial charge in [-0.1, -0.05) is 121 Å². The summed E-state index contributed by atoms with van der Waals surface area (Å²) >= 11 is 0. The summed E-state index contributed by atoms with van der Waals surface area (Å²) in [4.78, 5) is 0. The van der Waals surface area contributed by atoms with Crippen LogP contribution in [0.5, 0.6) is 0 Å². The minimum Gasteiger partial charge on any atom is -0.402 e. The van der Waals surface area contributed by atoms with Crippen LogP contribution < -0.4 is 20.7 Å². The Labute approximate surface area is 167 Å². The van der Waals surface area contributed by atoms with Crippen molar-refractivity contribution in [3.05, 3.63) is 121 Å². The van der Waals surface area contributed by atoms with Crippen molar-refractivity contribution in [1.82, 2.24) is 0 Å². The van der Waals surface area contributed by atoms with E-state index in [0.29, 0.717) is 0 Å². The molecule has 28 heavy (non-hydrogen) atoms. The number of benzene rings is 4. The van der Waals surface area contributed by atoms with Crippen molar-refractivity contribution in [2.75, 3.05) is 0 Å². The van der Waals surface area contributed by atoms with Gasteiger partial charge in [-0.3, -0.25) is 0 Å². The van der Waals surface area contributed by atoms with Gasteiger partial charge in [-0.2, -0.15) is 0 Å². The van der Waals surface area contributed by atoms with E-state index >= 15 is 0 Å². The van der Waals surface area contributed by atoms with Crippen LogP contribution >= 0.6 is 0 Å². The Kier molecular flexibility index (Phi) is 4.33. The first-order chi connectivity index (χ1) is 13.8. The topological polar surface area (TPSA) is 18.5 Å². The molecular formula is C24H20O2Si2. The van der Waals surface area contributed by atoms with Gasteiger partial charge in [-0.15, -0.1) is 0 Å². The summed E-state index contributed by atoms with van der Waals surface area (Å²) in [5.74, 6) is 0. The van der Waals surface area contributed by atoms with Crippen molar-refractivity contribution < 1.29 is 8.23 Å².